The first-order chi connectivity index (χ1) is 11.8. The van der Waals surface area contributed by atoms with Gasteiger partial charge in [0.25, 0.3) is 5.91 Å². The molecule has 2 saturated heterocycles. The van der Waals surface area contributed by atoms with Gasteiger partial charge < -0.3 is 14.8 Å². The second-order valence-electron chi connectivity index (χ2n) is 7.55. The summed E-state index contributed by atoms with van der Waals surface area (Å²) in [6.07, 6.45) is 4.80. The summed E-state index contributed by atoms with van der Waals surface area (Å²) in [4.78, 5) is 15.1. The van der Waals surface area contributed by atoms with Gasteiger partial charge in [0.1, 0.15) is 0 Å². The normalized spacial score (nSPS) is 33.1. The molecule has 4 heterocycles. The monoisotopic (exact) mass is 332 g/mol. The molecule has 0 spiro atoms. The number of morpholine rings is 1. The third-order valence-corrected chi connectivity index (χ3v) is 5.84. The van der Waals surface area contributed by atoms with E-state index in [9.17, 15) is 4.79 Å². The summed E-state index contributed by atoms with van der Waals surface area (Å²) in [6, 6.07) is 0.627. The Kier molecular flexibility index (Phi) is 3.61. The van der Waals surface area contributed by atoms with Gasteiger partial charge in [-0.05, 0) is 25.2 Å². The number of H-pyrrole nitrogens is 1. The zero-order valence-corrected chi connectivity index (χ0v) is 13.8. The van der Waals surface area contributed by atoms with Gasteiger partial charge in [-0.25, -0.2) is 0 Å². The average molecular weight is 332 g/mol. The van der Waals surface area contributed by atoms with E-state index < -0.39 is 0 Å². The predicted octanol–water partition coefficient (Wildman–Crippen LogP) is 0.464. The molecule has 3 atom stereocenters. The number of aromatic nitrogens is 2. The minimum Gasteiger partial charge on any atom is -0.376 e. The van der Waals surface area contributed by atoms with Crippen LogP contribution in [-0.4, -0.2) is 65.5 Å². The fourth-order valence-corrected chi connectivity index (χ4v) is 4.31. The number of amides is 1. The fourth-order valence-electron chi connectivity index (χ4n) is 4.31. The van der Waals surface area contributed by atoms with Gasteiger partial charge in [0, 0.05) is 42.9 Å². The topological polar surface area (TPSA) is 79.5 Å². The van der Waals surface area contributed by atoms with Gasteiger partial charge in [-0.2, -0.15) is 5.10 Å². The fraction of sp³-hybridized carbons (Fsp3) is 0.765. The Morgan fingerprint density at radius 2 is 2.25 bits per heavy atom. The molecule has 0 unspecified atom stereocenters. The van der Waals surface area contributed by atoms with Crippen LogP contribution in [0.1, 0.15) is 41.0 Å². The lowest BCUT2D eigenvalue weighted by molar-refractivity contribution is -0.0581. The highest BCUT2D eigenvalue weighted by Gasteiger charge is 2.42. The van der Waals surface area contributed by atoms with Crippen LogP contribution in [0, 0.1) is 5.92 Å². The molecular weight excluding hydrogens is 308 g/mol. The molecule has 0 bridgehead atoms. The minimum atomic E-state index is -0.0810. The van der Waals surface area contributed by atoms with E-state index in [1.165, 1.54) is 12.8 Å². The van der Waals surface area contributed by atoms with E-state index in [4.69, 9.17) is 9.47 Å². The van der Waals surface area contributed by atoms with Gasteiger partial charge in [0.15, 0.2) is 5.69 Å². The van der Waals surface area contributed by atoms with E-state index >= 15 is 0 Å². The summed E-state index contributed by atoms with van der Waals surface area (Å²) in [7, 11) is 0. The third kappa shape index (κ3) is 2.64. The summed E-state index contributed by atoms with van der Waals surface area (Å²) in [6.45, 7) is 3.92. The van der Waals surface area contributed by atoms with Crippen LogP contribution in [0.25, 0.3) is 0 Å². The van der Waals surface area contributed by atoms with Crippen LogP contribution >= 0.6 is 0 Å². The zero-order valence-electron chi connectivity index (χ0n) is 13.8. The summed E-state index contributed by atoms with van der Waals surface area (Å²) in [5, 5.41) is 10.4. The summed E-state index contributed by atoms with van der Waals surface area (Å²) in [5.41, 5.74) is 2.46. The first kappa shape index (κ1) is 14.9. The third-order valence-electron chi connectivity index (χ3n) is 5.84. The molecule has 3 aliphatic heterocycles. The average Bonchev–Trinajstić information content (AvgIpc) is 3.23. The number of hydrogen-bond donors (Lipinski definition) is 2. The molecule has 3 fully saturated rings. The van der Waals surface area contributed by atoms with Crippen molar-refractivity contribution >= 4 is 5.91 Å². The Bertz CT molecular complexity index is 642. The van der Waals surface area contributed by atoms with Crippen molar-refractivity contribution in [2.24, 2.45) is 5.92 Å². The van der Waals surface area contributed by atoms with Crippen molar-refractivity contribution in [3.8, 4) is 0 Å². The second-order valence-corrected chi connectivity index (χ2v) is 7.55. The van der Waals surface area contributed by atoms with Crippen LogP contribution in [0.4, 0.5) is 0 Å². The molecule has 0 aromatic carbocycles. The van der Waals surface area contributed by atoms with Gasteiger partial charge in [0.2, 0.25) is 0 Å². The predicted molar refractivity (Wildman–Crippen MR) is 85.6 cm³/mol. The van der Waals surface area contributed by atoms with Crippen molar-refractivity contribution < 1.29 is 14.3 Å². The summed E-state index contributed by atoms with van der Waals surface area (Å²) < 4.78 is 11.5. The summed E-state index contributed by atoms with van der Waals surface area (Å²) >= 11 is 0. The summed E-state index contributed by atoms with van der Waals surface area (Å²) in [5.74, 6) is 0.692. The van der Waals surface area contributed by atoms with Crippen molar-refractivity contribution in [3.63, 3.8) is 0 Å². The van der Waals surface area contributed by atoms with Gasteiger partial charge in [0.05, 0.1) is 25.9 Å². The molecule has 1 aromatic rings. The Hall–Kier alpha value is -1.44. The van der Waals surface area contributed by atoms with E-state index in [2.05, 4.69) is 20.4 Å². The molecule has 1 aromatic heterocycles. The smallest absolute Gasteiger partial charge is 0.272 e. The highest BCUT2D eigenvalue weighted by atomic mass is 16.5. The van der Waals surface area contributed by atoms with Crippen LogP contribution in [0.2, 0.25) is 0 Å². The van der Waals surface area contributed by atoms with Crippen LogP contribution in [0.3, 0.4) is 0 Å². The van der Waals surface area contributed by atoms with Gasteiger partial charge in [-0.15, -0.1) is 0 Å². The molecular formula is C17H24N4O3. The SMILES string of the molecule is O=C(N[C@H]1C[C@H]2CO[C@H](C3CC3)CN2C1)c1n[nH]c2c1COCC2. The highest BCUT2D eigenvalue weighted by Crippen LogP contribution is 2.37. The lowest BCUT2D eigenvalue weighted by Crippen LogP contribution is -2.47. The van der Waals surface area contributed by atoms with Crippen LogP contribution in [-0.2, 0) is 22.5 Å². The Morgan fingerprint density at radius 1 is 1.33 bits per heavy atom. The van der Waals surface area contributed by atoms with Crippen molar-refractivity contribution in [1.29, 1.82) is 0 Å². The molecule has 5 rings (SSSR count). The van der Waals surface area contributed by atoms with Crippen LogP contribution < -0.4 is 5.32 Å². The second kappa shape index (κ2) is 5.82. The van der Waals surface area contributed by atoms with E-state index in [-0.39, 0.29) is 11.9 Å². The first-order valence-electron chi connectivity index (χ1n) is 9.08. The molecule has 7 nitrogen and oxygen atoms in total. The first-order valence-corrected chi connectivity index (χ1v) is 9.08. The number of ether oxygens (including phenoxy) is 2. The van der Waals surface area contributed by atoms with E-state index in [0.717, 1.165) is 49.7 Å². The molecule has 4 aliphatic rings. The number of nitrogens with one attached hydrogen (secondary N) is 2. The number of rotatable bonds is 3. The minimum absolute atomic E-state index is 0.0810. The maximum absolute atomic E-state index is 12.6. The van der Waals surface area contributed by atoms with Crippen LogP contribution in [0.5, 0.6) is 0 Å². The van der Waals surface area contributed by atoms with E-state index in [1.807, 2.05) is 0 Å². The molecule has 1 saturated carbocycles. The molecule has 1 amide bonds. The van der Waals surface area contributed by atoms with Gasteiger partial charge in [-0.1, -0.05) is 0 Å². The lowest BCUT2D eigenvalue weighted by atomic mass is 10.1. The van der Waals surface area contributed by atoms with Crippen molar-refractivity contribution in [1.82, 2.24) is 20.4 Å². The Morgan fingerprint density at radius 3 is 3.12 bits per heavy atom. The quantitative estimate of drug-likeness (QED) is 0.841. The lowest BCUT2D eigenvalue weighted by Gasteiger charge is -2.35. The number of fused-ring (bicyclic) bond motifs is 2. The molecule has 7 heteroatoms. The number of hydrogen-bond acceptors (Lipinski definition) is 5. The Labute approximate surface area is 141 Å². The maximum Gasteiger partial charge on any atom is 0.272 e. The largest absolute Gasteiger partial charge is 0.376 e. The van der Waals surface area contributed by atoms with Crippen molar-refractivity contribution in [2.75, 3.05) is 26.3 Å². The van der Waals surface area contributed by atoms with E-state index in [1.54, 1.807) is 0 Å². The standard InChI is InChI=1S/C17H24N4O3/c22-17(16-13-9-23-4-3-14(13)19-20-16)18-11-5-12-8-24-15(10-1-2-10)7-21(12)6-11/h10-12,15H,1-9H2,(H,18,22)(H,19,20)/t11-,12-,15-/m0/s1. The molecule has 1 aliphatic carbocycles. The number of carbonyl (C=O) groups excluding carboxylic acids is 1. The highest BCUT2D eigenvalue weighted by molar-refractivity contribution is 5.94. The number of aromatic amines is 1. The number of nitrogens with zero attached hydrogens (tertiary/aromatic N) is 2. The van der Waals surface area contributed by atoms with Gasteiger partial charge in [-0.3, -0.25) is 14.8 Å². The van der Waals surface area contributed by atoms with Crippen molar-refractivity contribution in [2.45, 2.75) is 50.5 Å². The van der Waals surface area contributed by atoms with E-state index in [0.29, 0.717) is 31.1 Å². The molecule has 130 valence electrons. The zero-order chi connectivity index (χ0) is 16.1. The van der Waals surface area contributed by atoms with Gasteiger partial charge >= 0.3 is 0 Å². The molecule has 0 radical (unpaired) electrons. The Balaban J connectivity index is 1.22. The van der Waals surface area contributed by atoms with Crippen LogP contribution in [0.15, 0.2) is 0 Å². The maximum atomic E-state index is 12.6. The molecule has 24 heavy (non-hydrogen) atoms. The number of carbonyl (C=O) groups is 1. The van der Waals surface area contributed by atoms with Crippen molar-refractivity contribution in [3.05, 3.63) is 17.0 Å². The molecule has 2 N–H and O–H groups in total.